The van der Waals surface area contributed by atoms with E-state index in [2.05, 4.69) is 4.99 Å². The van der Waals surface area contributed by atoms with E-state index in [4.69, 9.17) is 19.9 Å². The van der Waals surface area contributed by atoms with Crippen LogP contribution in [0.1, 0.15) is 36.8 Å². The molecular weight excluding hydrogens is 478 g/mol. The van der Waals surface area contributed by atoms with Crippen molar-refractivity contribution in [2.45, 2.75) is 39.3 Å². The van der Waals surface area contributed by atoms with Crippen LogP contribution in [0.15, 0.2) is 58.9 Å². The third kappa shape index (κ3) is 7.39. The van der Waals surface area contributed by atoms with Gasteiger partial charge >= 0.3 is 6.09 Å². The maximum absolute atomic E-state index is 13.0. The third-order valence-electron chi connectivity index (χ3n) is 5.25. The minimum atomic E-state index is -0.663. The molecule has 0 saturated heterocycles. The fourth-order valence-electron chi connectivity index (χ4n) is 3.44. The second kappa shape index (κ2) is 11.8. The van der Waals surface area contributed by atoms with Gasteiger partial charge in [0.1, 0.15) is 28.7 Å². The van der Waals surface area contributed by atoms with Crippen LogP contribution >= 0.6 is 11.3 Å². The van der Waals surface area contributed by atoms with Gasteiger partial charge in [-0.3, -0.25) is 0 Å². The van der Waals surface area contributed by atoms with Crippen LogP contribution in [0.4, 0.5) is 10.5 Å². The molecule has 1 aromatic heterocycles. The molecule has 0 fully saturated rings. The largest absolute Gasteiger partial charge is 0.507 e. The number of amides is 1. The average Bonchev–Trinajstić information content (AvgIpc) is 3.37. The highest BCUT2D eigenvalue weighted by Gasteiger charge is 2.25. The number of phenolic OH excluding ortho intramolecular Hbond substituents is 1. The number of nitrogens with two attached hydrogens (primary N) is 1. The lowest BCUT2D eigenvalue weighted by Crippen LogP contribution is -2.37. The number of ether oxygens (including phenoxy) is 3. The first-order valence-corrected chi connectivity index (χ1v) is 12.4. The number of hydrogen-bond donors (Lipinski definition) is 2. The summed E-state index contributed by atoms with van der Waals surface area (Å²) >= 11 is 1.54. The lowest BCUT2D eigenvalue weighted by molar-refractivity contribution is 0.0234. The summed E-state index contributed by atoms with van der Waals surface area (Å²) in [7, 11) is 3.01. The van der Waals surface area contributed by atoms with Gasteiger partial charge in [-0.2, -0.15) is 0 Å². The molecule has 0 aliphatic rings. The highest BCUT2D eigenvalue weighted by Crippen LogP contribution is 2.34. The molecule has 3 aromatic rings. The van der Waals surface area contributed by atoms with Crippen LogP contribution in [0.25, 0.3) is 0 Å². The summed E-state index contributed by atoms with van der Waals surface area (Å²) in [6, 6.07) is 14.7. The van der Waals surface area contributed by atoms with E-state index in [9.17, 15) is 9.90 Å². The monoisotopic (exact) mass is 511 g/mol. The zero-order valence-electron chi connectivity index (χ0n) is 21.3. The first-order chi connectivity index (χ1) is 17.1. The summed E-state index contributed by atoms with van der Waals surface area (Å²) in [6.07, 6.45) is 0.0906. The fourth-order valence-corrected chi connectivity index (χ4v) is 4.06. The van der Waals surface area contributed by atoms with E-state index < -0.39 is 11.7 Å². The number of amidine groups is 1. The van der Waals surface area contributed by atoms with Crippen LogP contribution in [-0.2, 0) is 17.7 Å². The number of carbonyl (C=O) groups is 1. The second-order valence-electron chi connectivity index (χ2n) is 9.12. The molecule has 0 saturated carbocycles. The Morgan fingerprint density at radius 1 is 1.11 bits per heavy atom. The smallest absolute Gasteiger partial charge is 0.410 e. The standard InChI is InChI=1S/C27H33N3O5S/c1-27(2,3)35-26(32)30(17-21-22(31)15-20(33-4)16-23(21)34-5)13-12-18-8-10-19(11-9-18)29-25(28)24-7-6-14-36-24/h6-11,14-16,31H,12-13,17H2,1-5H3,(H2,28,29). The molecule has 0 aliphatic heterocycles. The van der Waals surface area contributed by atoms with E-state index in [1.54, 1.807) is 11.0 Å². The molecule has 1 amide bonds. The Balaban J connectivity index is 1.77. The Labute approximate surface area is 215 Å². The van der Waals surface area contributed by atoms with Gasteiger partial charge in [-0.25, -0.2) is 9.79 Å². The number of aliphatic imine (C=N–C) groups is 1. The molecule has 9 heteroatoms. The number of rotatable bonds is 9. The predicted molar refractivity (Wildman–Crippen MR) is 143 cm³/mol. The minimum absolute atomic E-state index is 0.0229. The van der Waals surface area contributed by atoms with E-state index in [0.29, 0.717) is 35.9 Å². The molecule has 0 atom stereocenters. The Bertz CT molecular complexity index is 1190. The minimum Gasteiger partial charge on any atom is -0.507 e. The molecule has 0 unspecified atom stereocenters. The van der Waals surface area contributed by atoms with E-state index in [0.717, 1.165) is 16.1 Å². The van der Waals surface area contributed by atoms with Crippen molar-refractivity contribution < 1.29 is 24.1 Å². The van der Waals surface area contributed by atoms with Crippen molar-refractivity contribution in [2.75, 3.05) is 20.8 Å². The van der Waals surface area contributed by atoms with Gasteiger partial charge in [-0.05, 0) is 56.3 Å². The first-order valence-electron chi connectivity index (χ1n) is 11.5. The molecule has 0 spiro atoms. The van der Waals surface area contributed by atoms with Crippen molar-refractivity contribution in [3.63, 3.8) is 0 Å². The molecule has 36 heavy (non-hydrogen) atoms. The summed E-state index contributed by atoms with van der Waals surface area (Å²) in [4.78, 5) is 20.0. The topological polar surface area (TPSA) is 107 Å². The lowest BCUT2D eigenvalue weighted by Gasteiger charge is -2.28. The second-order valence-corrected chi connectivity index (χ2v) is 10.1. The SMILES string of the molecule is COc1cc(O)c(CN(CCc2ccc(N=C(N)c3cccs3)cc2)C(=O)OC(C)(C)C)c(OC)c1. The fraction of sp³-hybridized carbons (Fsp3) is 0.333. The number of nitrogens with zero attached hydrogens (tertiary/aromatic N) is 2. The molecule has 3 rings (SSSR count). The van der Waals surface area contributed by atoms with Gasteiger partial charge in [0.15, 0.2) is 0 Å². The number of thiophene rings is 1. The van der Waals surface area contributed by atoms with Gasteiger partial charge in [0.2, 0.25) is 0 Å². The molecule has 0 bridgehead atoms. The number of carbonyl (C=O) groups excluding carboxylic acids is 1. The maximum Gasteiger partial charge on any atom is 0.410 e. The summed E-state index contributed by atoms with van der Waals surface area (Å²) in [5.74, 6) is 1.33. The normalized spacial score (nSPS) is 11.8. The molecule has 0 aliphatic carbocycles. The average molecular weight is 512 g/mol. The van der Waals surface area contributed by atoms with Crippen LogP contribution in [0.5, 0.6) is 17.2 Å². The quantitative estimate of drug-likeness (QED) is 0.291. The summed E-state index contributed by atoms with van der Waals surface area (Å²) in [5, 5.41) is 12.6. The van der Waals surface area contributed by atoms with Crippen molar-refractivity contribution >= 4 is 29.0 Å². The van der Waals surface area contributed by atoms with Gasteiger partial charge in [-0.1, -0.05) is 18.2 Å². The van der Waals surface area contributed by atoms with Crippen LogP contribution < -0.4 is 15.2 Å². The highest BCUT2D eigenvalue weighted by atomic mass is 32.1. The van der Waals surface area contributed by atoms with Crippen molar-refractivity contribution in [1.82, 2.24) is 4.90 Å². The van der Waals surface area contributed by atoms with Crippen LogP contribution in [0.2, 0.25) is 0 Å². The summed E-state index contributed by atoms with van der Waals surface area (Å²) < 4.78 is 16.3. The molecular formula is C27H33N3O5S. The number of methoxy groups -OCH3 is 2. The van der Waals surface area contributed by atoms with Crippen LogP contribution in [-0.4, -0.2) is 48.3 Å². The van der Waals surface area contributed by atoms with E-state index in [1.165, 1.54) is 31.6 Å². The Kier molecular flexibility index (Phi) is 8.82. The summed E-state index contributed by atoms with van der Waals surface area (Å²) in [6.45, 7) is 5.91. The number of phenols is 1. The van der Waals surface area contributed by atoms with Gasteiger partial charge in [-0.15, -0.1) is 11.3 Å². The van der Waals surface area contributed by atoms with Crippen LogP contribution in [0.3, 0.4) is 0 Å². The van der Waals surface area contributed by atoms with Crippen molar-refractivity contribution in [2.24, 2.45) is 10.7 Å². The van der Waals surface area contributed by atoms with Crippen molar-refractivity contribution in [1.29, 1.82) is 0 Å². The number of aromatic hydroxyl groups is 1. The summed E-state index contributed by atoms with van der Waals surface area (Å²) in [5.41, 5.74) is 7.66. The number of benzene rings is 2. The molecule has 2 aromatic carbocycles. The maximum atomic E-state index is 13.0. The van der Waals surface area contributed by atoms with Crippen molar-refractivity contribution in [3.8, 4) is 17.2 Å². The highest BCUT2D eigenvalue weighted by molar-refractivity contribution is 7.12. The van der Waals surface area contributed by atoms with Gasteiger partial charge in [0, 0.05) is 18.7 Å². The van der Waals surface area contributed by atoms with Crippen molar-refractivity contribution in [3.05, 3.63) is 69.9 Å². The lowest BCUT2D eigenvalue weighted by atomic mass is 10.1. The molecule has 0 radical (unpaired) electrons. The van der Waals surface area contributed by atoms with E-state index in [-0.39, 0.29) is 12.3 Å². The van der Waals surface area contributed by atoms with Gasteiger partial charge in [0.25, 0.3) is 0 Å². The van der Waals surface area contributed by atoms with Crippen LogP contribution in [0, 0.1) is 0 Å². The zero-order valence-corrected chi connectivity index (χ0v) is 22.1. The molecule has 8 nitrogen and oxygen atoms in total. The first kappa shape index (κ1) is 26.9. The Hall–Kier alpha value is -3.72. The van der Waals surface area contributed by atoms with Gasteiger partial charge in [0.05, 0.1) is 36.9 Å². The zero-order chi connectivity index (χ0) is 26.3. The Morgan fingerprint density at radius 2 is 1.83 bits per heavy atom. The van der Waals surface area contributed by atoms with Gasteiger partial charge < -0.3 is 30.0 Å². The molecule has 3 N–H and O–H groups in total. The third-order valence-corrected chi connectivity index (χ3v) is 6.14. The van der Waals surface area contributed by atoms with E-state index >= 15 is 0 Å². The molecule has 192 valence electrons. The number of hydrogen-bond acceptors (Lipinski definition) is 7. The predicted octanol–water partition coefficient (Wildman–Crippen LogP) is 5.49. The van der Waals surface area contributed by atoms with E-state index in [1.807, 2.05) is 62.5 Å². The molecule has 1 heterocycles. The Morgan fingerprint density at radius 3 is 2.42 bits per heavy atom.